The van der Waals surface area contributed by atoms with Gasteiger partial charge in [0, 0.05) is 16.6 Å². The monoisotopic (exact) mass is 386 g/mol. The second-order valence-corrected chi connectivity index (χ2v) is 6.33. The van der Waals surface area contributed by atoms with Gasteiger partial charge in [0.25, 0.3) is 5.91 Å². The highest BCUT2D eigenvalue weighted by molar-refractivity contribution is 9.10. The van der Waals surface area contributed by atoms with Crippen LogP contribution in [0.3, 0.4) is 0 Å². The van der Waals surface area contributed by atoms with E-state index in [2.05, 4.69) is 26.6 Å². The van der Waals surface area contributed by atoms with Crippen molar-refractivity contribution in [2.75, 3.05) is 10.6 Å². The van der Waals surface area contributed by atoms with Gasteiger partial charge in [0.1, 0.15) is 4.88 Å². The molecule has 0 atom stereocenters. The molecule has 0 radical (unpaired) electrons. The topological polar surface area (TPSA) is 58.2 Å². The Balaban J connectivity index is 2.19. The van der Waals surface area contributed by atoms with Crippen LogP contribution in [0.4, 0.5) is 11.4 Å². The first-order valence-corrected chi connectivity index (χ1v) is 8.20. The molecule has 0 bridgehead atoms. The number of carbonyl (C=O) groups is 2. The normalized spacial score (nSPS) is 10.2. The zero-order chi connectivity index (χ0) is 15.4. The maximum Gasteiger partial charge on any atom is 0.266 e. The summed E-state index contributed by atoms with van der Waals surface area (Å²) in [5.74, 6) is -0.353. The van der Waals surface area contributed by atoms with E-state index in [1.54, 1.807) is 31.2 Å². The molecular formula is C14H12BrClN2O2S. The number of hydrogen-bond acceptors (Lipinski definition) is 3. The molecule has 2 amide bonds. The summed E-state index contributed by atoms with van der Waals surface area (Å²) in [5, 5.41) is 7.69. The Bertz CT molecular complexity index is 687. The molecule has 21 heavy (non-hydrogen) atoms. The summed E-state index contributed by atoms with van der Waals surface area (Å²) in [6.45, 7) is 1.77. The van der Waals surface area contributed by atoms with E-state index in [0.29, 0.717) is 27.7 Å². The van der Waals surface area contributed by atoms with E-state index < -0.39 is 0 Å². The summed E-state index contributed by atoms with van der Waals surface area (Å²) in [6, 6.07) is 6.76. The van der Waals surface area contributed by atoms with Crippen molar-refractivity contribution in [3.8, 4) is 0 Å². The molecule has 1 heterocycles. The molecule has 7 heteroatoms. The largest absolute Gasteiger partial charge is 0.326 e. The van der Waals surface area contributed by atoms with Gasteiger partial charge in [0.15, 0.2) is 0 Å². The minimum absolute atomic E-state index is 0.101. The van der Waals surface area contributed by atoms with E-state index in [0.717, 1.165) is 4.47 Å². The van der Waals surface area contributed by atoms with Crippen LogP contribution >= 0.6 is 38.9 Å². The molecule has 4 nitrogen and oxygen atoms in total. The maximum atomic E-state index is 12.2. The van der Waals surface area contributed by atoms with Crippen molar-refractivity contribution in [1.29, 1.82) is 0 Å². The number of nitrogens with one attached hydrogen (secondary N) is 2. The molecular weight excluding hydrogens is 376 g/mol. The molecule has 110 valence electrons. The van der Waals surface area contributed by atoms with Crippen LogP contribution in [0.5, 0.6) is 0 Å². The Kier molecular flexibility index (Phi) is 5.39. The minimum Gasteiger partial charge on any atom is -0.326 e. The van der Waals surface area contributed by atoms with Crippen molar-refractivity contribution in [2.45, 2.75) is 13.3 Å². The molecule has 2 N–H and O–H groups in total. The van der Waals surface area contributed by atoms with Gasteiger partial charge in [0.05, 0.1) is 10.7 Å². The standard InChI is InChI=1S/C14H12BrClN2O2S/c1-2-12(19)17-8-3-4-10(16)11(7-8)18-14(20)13-9(15)5-6-21-13/h3-7H,2H2,1H3,(H,17,19)(H,18,20). The summed E-state index contributed by atoms with van der Waals surface area (Å²) in [6.07, 6.45) is 0.381. The van der Waals surface area contributed by atoms with Gasteiger partial charge < -0.3 is 10.6 Å². The first-order valence-electron chi connectivity index (χ1n) is 6.15. The molecule has 0 unspecified atom stereocenters. The molecule has 1 aromatic heterocycles. The maximum absolute atomic E-state index is 12.2. The molecule has 0 spiro atoms. The Morgan fingerprint density at radius 2 is 2.05 bits per heavy atom. The molecule has 0 aliphatic heterocycles. The minimum atomic E-state index is -0.252. The fraction of sp³-hybridized carbons (Fsp3) is 0.143. The summed E-state index contributed by atoms with van der Waals surface area (Å²) in [7, 11) is 0. The van der Waals surface area contributed by atoms with E-state index in [1.165, 1.54) is 11.3 Å². The second kappa shape index (κ2) is 7.06. The summed E-state index contributed by atoms with van der Waals surface area (Å²) in [5.41, 5.74) is 1.04. The molecule has 2 aromatic rings. The predicted molar refractivity (Wildman–Crippen MR) is 90.3 cm³/mol. The first kappa shape index (κ1) is 16.0. The van der Waals surface area contributed by atoms with Crippen molar-refractivity contribution < 1.29 is 9.59 Å². The fourth-order valence-corrected chi connectivity index (χ4v) is 3.19. The number of halogens is 2. The molecule has 1 aromatic carbocycles. The second-order valence-electron chi connectivity index (χ2n) is 4.15. The molecule has 2 rings (SSSR count). The van der Waals surface area contributed by atoms with E-state index in [1.807, 2.05) is 5.38 Å². The lowest BCUT2D eigenvalue weighted by Gasteiger charge is -2.10. The number of hydrogen-bond donors (Lipinski definition) is 2. The third-order valence-corrected chi connectivity index (χ3v) is 4.81. The van der Waals surface area contributed by atoms with Gasteiger partial charge in [-0.3, -0.25) is 9.59 Å². The van der Waals surface area contributed by atoms with E-state index in [4.69, 9.17) is 11.6 Å². The number of rotatable bonds is 4. The average Bonchev–Trinajstić information content (AvgIpc) is 2.88. The van der Waals surface area contributed by atoms with Crippen LogP contribution in [0.15, 0.2) is 34.1 Å². The Morgan fingerprint density at radius 1 is 1.29 bits per heavy atom. The molecule has 0 saturated heterocycles. The van der Waals surface area contributed by atoms with Crippen LogP contribution in [0, 0.1) is 0 Å². The highest BCUT2D eigenvalue weighted by Gasteiger charge is 2.13. The lowest BCUT2D eigenvalue weighted by molar-refractivity contribution is -0.115. The van der Waals surface area contributed by atoms with Crippen LogP contribution in [-0.4, -0.2) is 11.8 Å². The fourth-order valence-electron chi connectivity index (χ4n) is 1.58. The molecule has 0 aliphatic carbocycles. The summed E-state index contributed by atoms with van der Waals surface area (Å²) in [4.78, 5) is 24.1. The zero-order valence-corrected chi connectivity index (χ0v) is 14.2. The first-order chi connectivity index (χ1) is 10.0. The Labute approximate surface area is 139 Å². The smallest absolute Gasteiger partial charge is 0.266 e. The lowest BCUT2D eigenvalue weighted by atomic mass is 10.2. The molecule has 0 aliphatic rings. The molecule has 0 fully saturated rings. The van der Waals surface area contributed by atoms with E-state index >= 15 is 0 Å². The molecule has 0 saturated carbocycles. The number of anilines is 2. The van der Waals surface area contributed by atoms with Gasteiger partial charge in [-0.2, -0.15) is 0 Å². The van der Waals surface area contributed by atoms with Gasteiger partial charge in [-0.15, -0.1) is 11.3 Å². The van der Waals surface area contributed by atoms with Gasteiger partial charge >= 0.3 is 0 Å². The van der Waals surface area contributed by atoms with Gasteiger partial charge in [0.2, 0.25) is 5.91 Å². The SMILES string of the molecule is CCC(=O)Nc1ccc(Cl)c(NC(=O)c2sccc2Br)c1. The lowest BCUT2D eigenvalue weighted by Crippen LogP contribution is -2.13. The third kappa shape index (κ3) is 4.06. The predicted octanol–water partition coefficient (Wildman–Crippen LogP) is 4.76. The van der Waals surface area contributed by atoms with Crippen LogP contribution < -0.4 is 10.6 Å². The van der Waals surface area contributed by atoms with E-state index in [9.17, 15) is 9.59 Å². The third-order valence-electron chi connectivity index (χ3n) is 2.64. The van der Waals surface area contributed by atoms with Crippen molar-refractivity contribution in [3.05, 3.63) is 44.0 Å². The van der Waals surface area contributed by atoms with Gasteiger partial charge in [-0.25, -0.2) is 0 Å². The van der Waals surface area contributed by atoms with Crippen molar-refractivity contribution in [3.63, 3.8) is 0 Å². The Morgan fingerprint density at radius 3 is 2.67 bits per heavy atom. The quantitative estimate of drug-likeness (QED) is 0.794. The number of carbonyl (C=O) groups excluding carboxylic acids is 2. The van der Waals surface area contributed by atoms with E-state index in [-0.39, 0.29) is 11.8 Å². The number of thiophene rings is 1. The van der Waals surface area contributed by atoms with Crippen LogP contribution in [-0.2, 0) is 4.79 Å². The Hall–Kier alpha value is -1.37. The zero-order valence-electron chi connectivity index (χ0n) is 11.1. The van der Waals surface area contributed by atoms with Gasteiger partial charge in [-0.1, -0.05) is 18.5 Å². The van der Waals surface area contributed by atoms with Crippen molar-refractivity contribution in [1.82, 2.24) is 0 Å². The summed E-state index contributed by atoms with van der Waals surface area (Å²) < 4.78 is 0.733. The number of amides is 2. The van der Waals surface area contributed by atoms with Crippen LogP contribution in [0.25, 0.3) is 0 Å². The van der Waals surface area contributed by atoms with Gasteiger partial charge in [-0.05, 0) is 45.6 Å². The average molecular weight is 388 g/mol. The highest BCUT2D eigenvalue weighted by Crippen LogP contribution is 2.28. The van der Waals surface area contributed by atoms with Crippen molar-refractivity contribution >= 4 is 62.1 Å². The number of benzene rings is 1. The van der Waals surface area contributed by atoms with Crippen LogP contribution in [0.2, 0.25) is 5.02 Å². The van der Waals surface area contributed by atoms with Crippen LogP contribution in [0.1, 0.15) is 23.0 Å². The highest BCUT2D eigenvalue weighted by atomic mass is 79.9. The summed E-state index contributed by atoms with van der Waals surface area (Å²) >= 11 is 10.7. The van der Waals surface area contributed by atoms with Crippen molar-refractivity contribution in [2.24, 2.45) is 0 Å².